The second kappa shape index (κ2) is 17.3. The molecular formula is C40H45IN2O10. The first-order valence-corrected chi connectivity index (χ1v) is 18.5. The van der Waals surface area contributed by atoms with Crippen molar-refractivity contribution in [1.29, 1.82) is 0 Å². The van der Waals surface area contributed by atoms with Gasteiger partial charge in [0.05, 0.1) is 24.3 Å². The monoisotopic (exact) mass is 840 g/mol. The highest BCUT2D eigenvalue weighted by atomic mass is 127. The molecule has 6 atom stereocenters. The minimum atomic E-state index is -1.43. The molecule has 282 valence electrons. The predicted octanol–water partition coefficient (Wildman–Crippen LogP) is 4.30. The molecule has 1 saturated heterocycles. The van der Waals surface area contributed by atoms with Crippen molar-refractivity contribution in [1.82, 2.24) is 10.6 Å². The summed E-state index contributed by atoms with van der Waals surface area (Å²) in [6.45, 7) is 6.06. The van der Waals surface area contributed by atoms with Gasteiger partial charge in [-0.15, -0.1) is 0 Å². The zero-order valence-corrected chi connectivity index (χ0v) is 32.1. The summed E-state index contributed by atoms with van der Waals surface area (Å²) in [4.78, 5) is 53.0. The van der Waals surface area contributed by atoms with Gasteiger partial charge in [0.15, 0.2) is 0 Å². The molecule has 3 aromatic carbocycles. The molecule has 0 aromatic heterocycles. The van der Waals surface area contributed by atoms with E-state index in [4.69, 9.17) is 18.9 Å². The van der Waals surface area contributed by atoms with Crippen LogP contribution in [0.3, 0.4) is 0 Å². The number of ether oxygens (including phenoxy) is 4. The largest absolute Gasteiger partial charge is 0.460 e. The van der Waals surface area contributed by atoms with E-state index in [0.717, 1.165) is 3.57 Å². The molecule has 6 unspecified atom stereocenters. The minimum absolute atomic E-state index is 0.0677. The van der Waals surface area contributed by atoms with E-state index in [1.54, 1.807) is 51.1 Å². The van der Waals surface area contributed by atoms with E-state index in [0.29, 0.717) is 16.7 Å². The normalized spacial score (nSPS) is 20.9. The van der Waals surface area contributed by atoms with Gasteiger partial charge in [0.1, 0.15) is 30.0 Å². The zero-order chi connectivity index (χ0) is 38.3. The molecule has 3 aromatic rings. The van der Waals surface area contributed by atoms with Gasteiger partial charge in [-0.2, -0.15) is 0 Å². The lowest BCUT2D eigenvalue weighted by molar-refractivity contribution is -0.157. The summed E-state index contributed by atoms with van der Waals surface area (Å²) in [6.07, 6.45) is -2.52. The number of nitrogens with one attached hydrogen (secondary N) is 2. The van der Waals surface area contributed by atoms with Gasteiger partial charge in [0, 0.05) is 33.1 Å². The van der Waals surface area contributed by atoms with Gasteiger partial charge in [0.25, 0.3) is 0 Å². The van der Waals surface area contributed by atoms with Crippen molar-refractivity contribution in [2.24, 2.45) is 0 Å². The maximum Gasteiger partial charge on any atom is 0.338 e. The average Bonchev–Trinajstić information content (AvgIpc) is 3.53. The molecule has 2 aliphatic rings. The van der Waals surface area contributed by atoms with Gasteiger partial charge in [-0.05, 0) is 87.0 Å². The predicted molar refractivity (Wildman–Crippen MR) is 202 cm³/mol. The van der Waals surface area contributed by atoms with Crippen molar-refractivity contribution >= 4 is 46.3 Å². The highest BCUT2D eigenvalue weighted by Gasteiger charge is 2.55. The van der Waals surface area contributed by atoms with Crippen molar-refractivity contribution < 1.29 is 48.3 Å². The van der Waals surface area contributed by atoms with Crippen molar-refractivity contribution in [2.45, 2.75) is 94.8 Å². The standard InChI is InChI=1S/C40H45IN2O10/c1-24(45)34(37(48)42-30(23-44)19-20-33(46)52-39(2,3)4)43-36(47)26-21-31(50-38(49)25-15-17-29(41)18-16-25)35-32(22-26)51-40(53-35,27-11-7-5-8-12-27)28-13-9-6-10-14-28/h5-18,22,24,30-32,34-35,44-45H,19-21,23H2,1-4H3,(H,42,48)(H,43,47). The number of aliphatic hydroxyl groups is 2. The maximum atomic E-state index is 13.9. The van der Waals surface area contributed by atoms with Crippen LogP contribution in [0.5, 0.6) is 0 Å². The number of carbonyl (C=O) groups excluding carboxylic acids is 4. The number of rotatable bonds is 13. The van der Waals surface area contributed by atoms with E-state index in [-0.39, 0.29) is 24.8 Å². The Labute approximate surface area is 322 Å². The summed E-state index contributed by atoms with van der Waals surface area (Å²) < 4.78 is 25.8. The first kappa shape index (κ1) is 40.0. The van der Waals surface area contributed by atoms with Gasteiger partial charge in [-0.3, -0.25) is 14.4 Å². The summed E-state index contributed by atoms with van der Waals surface area (Å²) in [5.74, 6) is -3.98. The van der Waals surface area contributed by atoms with Gasteiger partial charge < -0.3 is 39.8 Å². The van der Waals surface area contributed by atoms with Crippen LogP contribution in [0.1, 0.15) is 68.4 Å². The van der Waals surface area contributed by atoms with E-state index >= 15 is 0 Å². The highest BCUT2D eigenvalue weighted by molar-refractivity contribution is 14.1. The fourth-order valence-corrected chi connectivity index (χ4v) is 6.57. The van der Waals surface area contributed by atoms with E-state index in [1.807, 2.05) is 60.7 Å². The summed E-state index contributed by atoms with van der Waals surface area (Å²) in [6, 6.07) is 23.2. The lowest BCUT2D eigenvalue weighted by atomic mass is 9.91. The molecule has 53 heavy (non-hydrogen) atoms. The molecule has 4 N–H and O–H groups in total. The Hall–Kier alpha value is -4.15. The molecule has 1 aliphatic heterocycles. The summed E-state index contributed by atoms with van der Waals surface area (Å²) in [5.41, 5.74) is 1.16. The molecule has 0 saturated carbocycles. The lowest BCUT2D eigenvalue weighted by Gasteiger charge is -2.32. The Morgan fingerprint density at radius 3 is 2.08 bits per heavy atom. The summed E-state index contributed by atoms with van der Waals surface area (Å²) in [5, 5.41) is 25.7. The first-order chi connectivity index (χ1) is 25.2. The summed E-state index contributed by atoms with van der Waals surface area (Å²) in [7, 11) is 0. The van der Waals surface area contributed by atoms with Gasteiger partial charge in [0.2, 0.25) is 17.6 Å². The smallest absolute Gasteiger partial charge is 0.338 e. The fourth-order valence-electron chi connectivity index (χ4n) is 6.21. The number of fused-ring (bicyclic) bond motifs is 1. The lowest BCUT2D eigenvalue weighted by Crippen LogP contribution is -2.55. The molecular weight excluding hydrogens is 795 g/mol. The molecule has 2 amide bonds. The highest BCUT2D eigenvalue weighted by Crippen LogP contribution is 2.47. The Morgan fingerprint density at radius 2 is 1.53 bits per heavy atom. The average molecular weight is 841 g/mol. The van der Waals surface area contributed by atoms with Crippen LogP contribution in [0.25, 0.3) is 0 Å². The Kier molecular flexibility index (Phi) is 13.1. The van der Waals surface area contributed by atoms with Crippen molar-refractivity contribution in [3.05, 3.63) is 117 Å². The second-order valence-corrected chi connectivity index (χ2v) is 15.3. The molecule has 1 aliphatic carbocycles. The number of halogens is 1. The minimum Gasteiger partial charge on any atom is -0.460 e. The van der Waals surface area contributed by atoms with E-state index in [9.17, 15) is 29.4 Å². The molecule has 0 spiro atoms. The van der Waals surface area contributed by atoms with Gasteiger partial charge >= 0.3 is 11.9 Å². The van der Waals surface area contributed by atoms with Crippen molar-refractivity contribution in [3.8, 4) is 0 Å². The molecule has 12 nitrogen and oxygen atoms in total. The topological polar surface area (TPSA) is 170 Å². The van der Waals surface area contributed by atoms with E-state index in [2.05, 4.69) is 33.2 Å². The van der Waals surface area contributed by atoms with Crippen LogP contribution in [0.2, 0.25) is 0 Å². The molecule has 1 heterocycles. The Balaban J connectivity index is 1.40. The number of carbonyl (C=O) groups is 4. The quantitative estimate of drug-likeness (QED) is 0.144. The summed E-state index contributed by atoms with van der Waals surface area (Å²) >= 11 is 2.14. The van der Waals surface area contributed by atoms with Crippen LogP contribution in [-0.4, -0.2) is 82.7 Å². The first-order valence-electron chi connectivity index (χ1n) is 17.4. The third-order valence-corrected chi connectivity index (χ3v) is 9.47. The molecule has 0 bridgehead atoms. The van der Waals surface area contributed by atoms with Crippen LogP contribution in [0, 0.1) is 3.57 Å². The third-order valence-electron chi connectivity index (χ3n) is 8.75. The van der Waals surface area contributed by atoms with Gasteiger partial charge in [-0.25, -0.2) is 4.79 Å². The molecule has 1 fully saturated rings. The molecule has 5 rings (SSSR count). The molecule has 13 heteroatoms. The van der Waals surface area contributed by atoms with Crippen LogP contribution < -0.4 is 10.6 Å². The number of hydrogen-bond acceptors (Lipinski definition) is 10. The number of benzene rings is 3. The van der Waals surface area contributed by atoms with Crippen molar-refractivity contribution in [3.63, 3.8) is 0 Å². The third kappa shape index (κ3) is 10.1. The SMILES string of the molecule is CC(O)C(NC(=O)C1=CC2OC(c3ccccc3)(c3ccccc3)OC2C(OC(=O)c2ccc(I)cc2)C1)C(=O)NC(CO)CCC(=O)OC(C)(C)C. The fraction of sp³-hybridized carbons (Fsp3) is 0.400. The van der Waals surface area contributed by atoms with Crippen LogP contribution >= 0.6 is 22.6 Å². The Bertz CT molecular complexity index is 1740. The van der Waals surface area contributed by atoms with Gasteiger partial charge in [-0.1, -0.05) is 60.7 Å². The second-order valence-electron chi connectivity index (χ2n) is 14.1. The Morgan fingerprint density at radius 1 is 0.925 bits per heavy atom. The van der Waals surface area contributed by atoms with Crippen molar-refractivity contribution in [2.75, 3.05) is 6.61 Å². The number of esters is 2. The van der Waals surface area contributed by atoms with Crippen LogP contribution in [0.15, 0.2) is 96.6 Å². The van der Waals surface area contributed by atoms with Crippen LogP contribution in [0.4, 0.5) is 0 Å². The number of aliphatic hydroxyl groups excluding tert-OH is 2. The van der Waals surface area contributed by atoms with E-state index < -0.39 is 78.2 Å². The molecule has 0 radical (unpaired) electrons. The zero-order valence-electron chi connectivity index (χ0n) is 30.0. The van der Waals surface area contributed by atoms with E-state index in [1.165, 1.54) is 6.92 Å². The number of hydrogen-bond donors (Lipinski definition) is 4. The van der Waals surface area contributed by atoms with Crippen LogP contribution in [-0.2, 0) is 39.1 Å². The maximum absolute atomic E-state index is 13.9. The number of amides is 2.